The molecule has 2 amide bonds. The standard InChI is InChI=1S/C25H35Cl2N3O3/c1-33-19-21-6-2-3-12-28(21)13-4-5-14-29-16-17-30(15-11-25(29)32)24(31)10-8-20-7-9-22(26)23(27)18-20/h7-10,18,21H,2-6,11-17,19H2,1H3/b10-8+. The molecule has 33 heavy (non-hydrogen) atoms. The molecule has 2 fully saturated rings. The molecular formula is C25H35Cl2N3O3. The molecule has 2 aliphatic heterocycles. The predicted octanol–water partition coefficient (Wildman–Crippen LogP) is 4.35. The summed E-state index contributed by atoms with van der Waals surface area (Å²) in [5.74, 6) is 0.0407. The molecule has 2 saturated heterocycles. The van der Waals surface area contributed by atoms with Crippen molar-refractivity contribution in [1.82, 2.24) is 14.7 Å². The fraction of sp³-hybridized carbons (Fsp3) is 0.600. The number of nitrogens with zero attached hydrogens (tertiary/aromatic N) is 3. The number of piperidine rings is 1. The maximum absolute atomic E-state index is 12.6. The van der Waals surface area contributed by atoms with Crippen molar-refractivity contribution in [1.29, 1.82) is 0 Å². The van der Waals surface area contributed by atoms with Crippen molar-refractivity contribution in [2.24, 2.45) is 0 Å². The van der Waals surface area contributed by atoms with E-state index in [9.17, 15) is 9.59 Å². The van der Waals surface area contributed by atoms with Crippen LogP contribution in [-0.2, 0) is 14.3 Å². The summed E-state index contributed by atoms with van der Waals surface area (Å²) in [6.45, 7) is 5.34. The second-order valence-electron chi connectivity index (χ2n) is 8.81. The van der Waals surface area contributed by atoms with Crippen LogP contribution in [0.3, 0.4) is 0 Å². The first-order valence-electron chi connectivity index (χ1n) is 11.9. The highest BCUT2D eigenvalue weighted by atomic mass is 35.5. The van der Waals surface area contributed by atoms with Gasteiger partial charge in [0.25, 0.3) is 0 Å². The zero-order chi connectivity index (χ0) is 23.6. The lowest BCUT2D eigenvalue weighted by molar-refractivity contribution is -0.130. The fourth-order valence-electron chi connectivity index (χ4n) is 4.57. The van der Waals surface area contributed by atoms with Crippen LogP contribution >= 0.6 is 23.2 Å². The van der Waals surface area contributed by atoms with Gasteiger partial charge in [0, 0.05) is 51.8 Å². The van der Waals surface area contributed by atoms with Crippen LogP contribution < -0.4 is 0 Å². The maximum atomic E-state index is 12.6. The van der Waals surface area contributed by atoms with E-state index >= 15 is 0 Å². The van der Waals surface area contributed by atoms with Crippen LogP contribution in [0.5, 0.6) is 0 Å². The van der Waals surface area contributed by atoms with Crippen molar-refractivity contribution in [2.45, 2.75) is 44.6 Å². The maximum Gasteiger partial charge on any atom is 0.246 e. The Morgan fingerprint density at radius 2 is 1.91 bits per heavy atom. The first kappa shape index (κ1) is 26.0. The average molecular weight is 496 g/mol. The number of rotatable bonds is 9. The van der Waals surface area contributed by atoms with Crippen LogP contribution in [0.4, 0.5) is 0 Å². The summed E-state index contributed by atoms with van der Waals surface area (Å²) < 4.78 is 5.38. The van der Waals surface area contributed by atoms with Gasteiger partial charge in [-0.15, -0.1) is 0 Å². The zero-order valence-corrected chi connectivity index (χ0v) is 21.0. The zero-order valence-electron chi connectivity index (χ0n) is 19.5. The summed E-state index contributed by atoms with van der Waals surface area (Å²) in [4.78, 5) is 31.4. The number of amides is 2. The van der Waals surface area contributed by atoms with Crippen molar-refractivity contribution in [3.05, 3.63) is 39.9 Å². The number of hydrogen-bond acceptors (Lipinski definition) is 4. The minimum Gasteiger partial charge on any atom is -0.383 e. The van der Waals surface area contributed by atoms with Gasteiger partial charge in [0.1, 0.15) is 0 Å². The highest BCUT2D eigenvalue weighted by Crippen LogP contribution is 2.23. The fourth-order valence-corrected chi connectivity index (χ4v) is 4.87. The van der Waals surface area contributed by atoms with Gasteiger partial charge in [-0.1, -0.05) is 35.7 Å². The lowest BCUT2D eigenvalue weighted by atomic mass is 10.0. The van der Waals surface area contributed by atoms with Crippen LogP contribution in [0.1, 0.15) is 44.1 Å². The highest BCUT2D eigenvalue weighted by Gasteiger charge is 2.24. The number of methoxy groups -OCH3 is 1. The Bertz CT molecular complexity index is 831. The molecular weight excluding hydrogens is 461 g/mol. The van der Waals surface area contributed by atoms with Crippen LogP contribution in [0.2, 0.25) is 10.0 Å². The van der Waals surface area contributed by atoms with E-state index in [-0.39, 0.29) is 11.8 Å². The molecule has 2 heterocycles. The second-order valence-corrected chi connectivity index (χ2v) is 9.63. The van der Waals surface area contributed by atoms with E-state index < -0.39 is 0 Å². The molecule has 6 nitrogen and oxygen atoms in total. The summed E-state index contributed by atoms with van der Waals surface area (Å²) in [6, 6.07) is 5.77. The number of carbonyl (C=O) groups is 2. The molecule has 182 valence electrons. The Hall–Kier alpha value is -1.60. The van der Waals surface area contributed by atoms with Crippen LogP contribution in [0.15, 0.2) is 24.3 Å². The molecule has 3 rings (SSSR count). The summed E-state index contributed by atoms with van der Waals surface area (Å²) in [7, 11) is 1.77. The molecule has 2 aliphatic rings. The van der Waals surface area contributed by atoms with Crippen LogP contribution in [0, 0.1) is 0 Å². The topological polar surface area (TPSA) is 53.1 Å². The molecule has 8 heteroatoms. The third kappa shape index (κ3) is 7.99. The number of carbonyl (C=O) groups excluding carboxylic acids is 2. The minimum atomic E-state index is -0.0926. The van der Waals surface area contributed by atoms with E-state index in [2.05, 4.69) is 4.90 Å². The quantitative estimate of drug-likeness (QED) is 0.377. The largest absolute Gasteiger partial charge is 0.383 e. The number of halogens is 2. The summed E-state index contributed by atoms with van der Waals surface area (Å²) in [5, 5.41) is 0.939. The van der Waals surface area contributed by atoms with Gasteiger partial charge in [-0.2, -0.15) is 0 Å². The van der Waals surface area contributed by atoms with Crippen LogP contribution in [0.25, 0.3) is 6.08 Å². The van der Waals surface area contributed by atoms with E-state index in [1.807, 2.05) is 11.0 Å². The van der Waals surface area contributed by atoms with Crippen molar-refractivity contribution >= 4 is 41.1 Å². The Morgan fingerprint density at radius 3 is 2.70 bits per heavy atom. The third-order valence-corrected chi connectivity index (χ3v) is 7.23. The van der Waals surface area contributed by atoms with E-state index in [0.717, 1.165) is 44.6 Å². The highest BCUT2D eigenvalue weighted by molar-refractivity contribution is 6.42. The van der Waals surface area contributed by atoms with Gasteiger partial charge >= 0.3 is 0 Å². The number of benzene rings is 1. The average Bonchev–Trinajstić information content (AvgIpc) is 3.00. The molecule has 1 aromatic rings. The molecule has 0 N–H and O–H groups in total. The molecule has 1 aromatic carbocycles. The first-order chi connectivity index (χ1) is 16.0. The Morgan fingerprint density at radius 1 is 1.09 bits per heavy atom. The van der Waals surface area contributed by atoms with Crippen LogP contribution in [-0.4, -0.2) is 85.5 Å². The second kappa shape index (κ2) is 13.3. The van der Waals surface area contributed by atoms with E-state index in [1.54, 1.807) is 30.2 Å². The van der Waals surface area contributed by atoms with E-state index in [4.69, 9.17) is 27.9 Å². The number of likely N-dealkylation sites (tertiary alicyclic amines) is 1. The van der Waals surface area contributed by atoms with Crippen molar-refractivity contribution in [3.8, 4) is 0 Å². The lowest BCUT2D eigenvalue weighted by Crippen LogP contribution is -2.43. The number of ether oxygens (including phenoxy) is 1. The molecule has 0 bridgehead atoms. The monoisotopic (exact) mass is 495 g/mol. The molecule has 0 spiro atoms. The van der Waals surface area contributed by atoms with Crippen molar-refractivity contribution in [3.63, 3.8) is 0 Å². The Kier molecular flexibility index (Phi) is 10.5. The third-order valence-electron chi connectivity index (χ3n) is 6.49. The Balaban J connectivity index is 1.42. The number of unbranched alkanes of at least 4 members (excludes halogenated alkanes) is 1. The minimum absolute atomic E-state index is 0.0926. The molecule has 0 aromatic heterocycles. The molecule has 0 radical (unpaired) electrons. The Labute approximate surface area is 207 Å². The van der Waals surface area contributed by atoms with Gasteiger partial charge < -0.3 is 14.5 Å². The molecule has 0 saturated carbocycles. The number of hydrogen-bond donors (Lipinski definition) is 0. The molecule has 0 aliphatic carbocycles. The van der Waals surface area contributed by atoms with Crippen molar-refractivity contribution in [2.75, 3.05) is 53.0 Å². The van der Waals surface area contributed by atoms with E-state index in [0.29, 0.717) is 42.1 Å². The summed E-state index contributed by atoms with van der Waals surface area (Å²) in [5.41, 5.74) is 0.812. The van der Waals surface area contributed by atoms with Gasteiger partial charge in [0.2, 0.25) is 11.8 Å². The van der Waals surface area contributed by atoms with Gasteiger partial charge in [-0.05, 0) is 62.5 Å². The summed E-state index contributed by atoms with van der Waals surface area (Å²) >= 11 is 12.0. The van der Waals surface area contributed by atoms with E-state index in [1.165, 1.54) is 25.3 Å². The van der Waals surface area contributed by atoms with Gasteiger partial charge in [0.05, 0.1) is 16.7 Å². The van der Waals surface area contributed by atoms with Crippen molar-refractivity contribution < 1.29 is 14.3 Å². The lowest BCUT2D eigenvalue weighted by Gasteiger charge is -2.35. The summed E-state index contributed by atoms with van der Waals surface area (Å²) in [6.07, 6.45) is 9.43. The molecule has 1 unspecified atom stereocenters. The normalized spacial score (nSPS) is 20.5. The predicted molar refractivity (Wildman–Crippen MR) is 134 cm³/mol. The first-order valence-corrected chi connectivity index (χ1v) is 12.7. The smallest absolute Gasteiger partial charge is 0.246 e. The molecule has 1 atom stereocenters. The SMILES string of the molecule is COCC1CCCCN1CCCCN1CCN(C(=O)/C=C/c2ccc(Cl)c(Cl)c2)CCC1=O. The van der Waals surface area contributed by atoms with Gasteiger partial charge in [0.15, 0.2) is 0 Å². The van der Waals surface area contributed by atoms with Gasteiger partial charge in [-0.3, -0.25) is 14.5 Å². The van der Waals surface area contributed by atoms with Gasteiger partial charge in [-0.25, -0.2) is 0 Å².